The van der Waals surface area contributed by atoms with Crippen LogP contribution in [0.1, 0.15) is 12.0 Å². The quantitative estimate of drug-likeness (QED) is 0.727. The van der Waals surface area contributed by atoms with Crippen molar-refractivity contribution in [2.45, 2.75) is 12.8 Å². The number of rotatable bonds is 5. The lowest BCUT2D eigenvalue weighted by Crippen LogP contribution is -2.51. The predicted molar refractivity (Wildman–Crippen MR) is 110 cm³/mol. The average molecular weight is 398 g/mol. The van der Waals surface area contributed by atoms with Crippen LogP contribution in [0.5, 0.6) is 0 Å². The zero-order valence-electron chi connectivity index (χ0n) is 15.8. The smallest absolute Gasteiger partial charge is 0.234 e. The van der Waals surface area contributed by atoms with E-state index < -0.39 is 0 Å². The van der Waals surface area contributed by atoms with Gasteiger partial charge >= 0.3 is 0 Å². The summed E-state index contributed by atoms with van der Waals surface area (Å²) >= 11 is 6.30. The first-order valence-electron chi connectivity index (χ1n) is 9.72. The summed E-state index contributed by atoms with van der Waals surface area (Å²) in [5.41, 5.74) is 2.14. The molecule has 0 aromatic heterocycles. The van der Waals surface area contributed by atoms with Crippen LogP contribution in [0, 0.1) is 5.92 Å². The minimum Gasteiger partial charge on any atom is -0.368 e. The molecule has 0 saturated carbocycles. The Kier molecular flexibility index (Phi) is 5.64. The third-order valence-corrected chi connectivity index (χ3v) is 5.89. The van der Waals surface area contributed by atoms with Gasteiger partial charge in [0.25, 0.3) is 0 Å². The first kappa shape index (κ1) is 19.0. The minimum absolute atomic E-state index is 0.0395. The first-order chi connectivity index (χ1) is 13.6. The molecular weight excluding hydrogens is 374 g/mol. The van der Waals surface area contributed by atoms with Gasteiger partial charge in [0.05, 0.1) is 23.3 Å². The lowest BCUT2D eigenvalue weighted by atomic mass is 9.98. The highest BCUT2D eigenvalue weighted by Crippen LogP contribution is 2.27. The highest BCUT2D eigenvalue weighted by atomic mass is 35.5. The number of hydrogen-bond donors (Lipinski definition) is 0. The Balaban J connectivity index is 1.33. The molecule has 2 aromatic rings. The molecule has 0 N–H and O–H groups in total. The zero-order valence-corrected chi connectivity index (χ0v) is 16.5. The average Bonchev–Trinajstić information content (AvgIpc) is 2.97. The molecule has 1 unspecified atom stereocenters. The molecule has 0 spiro atoms. The molecule has 0 radical (unpaired) electrons. The molecule has 2 amide bonds. The first-order valence-corrected chi connectivity index (χ1v) is 10.1. The number of amides is 2. The van der Waals surface area contributed by atoms with Gasteiger partial charge in [-0.3, -0.25) is 19.4 Å². The van der Waals surface area contributed by atoms with E-state index in [2.05, 4.69) is 9.80 Å². The number of likely N-dealkylation sites (tertiary alicyclic amines) is 1. The van der Waals surface area contributed by atoms with Crippen LogP contribution in [0.3, 0.4) is 0 Å². The van der Waals surface area contributed by atoms with E-state index >= 15 is 0 Å². The Morgan fingerprint density at radius 3 is 2.29 bits per heavy atom. The van der Waals surface area contributed by atoms with E-state index in [0.717, 1.165) is 42.5 Å². The van der Waals surface area contributed by atoms with Crippen molar-refractivity contribution in [1.82, 2.24) is 9.80 Å². The SMILES string of the molecule is O=C1CC(Cc2ccccc2)C(=O)N1CN1CCN(c2ccccc2Cl)CC1. The molecule has 2 fully saturated rings. The second kappa shape index (κ2) is 8.33. The monoisotopic (exact) mass is 397 g/mol. The Morgan fingerprint density at radius 2 is 1.57 bits per heavy atom. The summed E-state index contributed by atoms with van der Waals surface area (Å²) < 4.78 is 0. The van der Waals surface area contributed by atoms with Gasteiger partial charge in [0, 0.05) is 32.6 Å². The maximum atomic E-state index is 12.8. The molecule has 2 aliphatic heterocycles. The van der Waals surface area contributed by atoms with Gasteiger partial charge in [0.15, 0.2) is 0 Å². The van der Waals surface area contributed by atoms with Crippen LogP contribution in [0.15, 0.2) is 54.6 Å². The van der Waals surface area contributed by atoms with E-state index in [1.165, 1.54) is 4.90 Å². The Labute approximate surface area is 170 Å². The maximum Gasteiger partial charge on any atom is 0.234 e. The maximum absolute atomic E-state index is 12.8. The molecule has 0 aliphatic carbocycles. The fourth-order valence-corrected chi connectivity index (χ4v) is 4.25. The lowest BCUT2D eigenvalue weighted by Gasteiger charge is -2.37. The molecule has 5 nitrogen and oxygen atoms in total. The number of hydrogen-bond acceptors (Lipinski definition) is 4. The third kappa shape index (κ3) is 4.05. The predicted octanol–water partition coefficient (Wildman–Crippen LogP) is 3.04. The second-order valence-corrected chi connectivity index (χ2v) is 7.86. The van der Waals surface area contributed by atoms with Gasteiger partial charge in [-0.1, -0.05) is 54.1 Å². The normalized spacial score (nSPS) is 20.8. The molecule has 28 heavy (non-hydrogen) atoms. The van der Waals surface area contributed by atoms with E-state index in [-0.39, 0.29) is 17.7 Å². The number of imide groups is 1. The van der Waals surface area contributed by atoms with Crippen LogP contribution in [0.4, 0.5) is 5.69 Å². The molecule has 2 heterocycles. The van der Waals surface area contributed by atoms with Gasteiger partial charge in [-0.05, 0) is 24.1 Å². The number of carbonyl (C=O) groups excluding carboxylic acids is 2. The Morgan fingerprint density at radius 1 is 0.893 bits per heavy atom. The number of carbonyl (C=O) groups is 2. The van der Waals surface area contributed by atoms with Crippen molar-refractivity contribution in [1.29, 1.82) is 0 Å². The summed E-state index contributed by atoms with van der Waals surface area (Å²) in [5, 5.41) is 0.754. The standard InChI is InChI=1S/C22H24ClN3O2/c23-19-8-4-5-9-20(19)25-12-10-24(11-13-25)16-26-21(27)15-18(22(26)28)14-17-6-2-1-3-7-17/h1-9,18H,10-16H2. The summed E-state index contributed by atoms with van der Waals surface area (Å²) in [7, 11) is 0. The van der Waals surface area contributed by atoms with E-state index in [4.69, 9.17) is 11.6 Å². The number of halogens is 1. The van der Waals surface area contributed by atoms with Crippen LogP contribution in [-0.4, -0.2) is 54.5 Å². The van der Waals surface area contributed by atoms with Gasteiger partial charge in [-0.15, -0.1) is 0 Å². The highest BCUT2D eigenvalue weighted by Gasteiger charge is 2.39. The molecule has 146 valence electrons. The van der Waals surface area contributed by atoms with Crippen LogP contribution in [0.25, 0.3) is 0 Å². The molecular formula is C22H24ClN3O2. The second-order valence-electron chi connectivity index (χ2n) is 7.45. The molecule has 1 atom stereocenters. The molecule has 2 aromatic carbocycles. The summed E-state index contributed by atoms with van der Waals surface area (Å²) in [4.78, 5) is 31.1. The molecule has 2 aliphatic rings. The van der Waals surface area contributed by atoms with Crippen molar-refractivity contribution < 1.29 is 9.59 Å². The van der Waals surface area contributed by atoms with Crippen LogP contribution in [-0.2, 0) is 16.0 Å². The summed E-state index contributed by atoms with van der Waals surface area (Å²) in [6.45, 7) is 3.64. The number of nitrogens with zero attached hydrogens (tertiary/aromatic N) is 3. The van der Waals surface area contributed by atoms with Crippen molar-refractivity contribution in [3.63, 3.8) is 0 Å². The van der Waals surface area contributed by atoms with E-state index in [9.17, 15) is 9.59 Å². The molecule has 6 heteroatoms. The number of piperazine rings is 1. The zero-order chi connectivity index (χ0) is 19.5. The fourth-order valence-electron chi connectivity index (χ4n) is 4.00. The van der Waals surface area contributed by atoms with Crippen LogP contribution < -0.4 is 4.90 Å². The van der Waals surface area contributed by atoms with Gasteiger partial charge in [-0.2, -0.15) is 0 Å². The molecule has 4 rings (SSSR count). The van der Waals surface area contributed by atoms with Gasteiger partial charge in [0.1, 0.15) is 0 Å². The largest absolute Gasteiger partial charge is 0.368 e. The molecule has 2 saturated heterocycles. The molecule has 0 bridgehead atoms. The van der Waals surface area contributed by atoms with Crippen molar-refractivity contribution in [3.8, 4) is 0 Å². The van der Waals surface area contributed by atoms with Crippen molar-refractivity contribution in [2.75, 3.05) is 37.7 Å². The summed E-state index contributed by atoms with van der Waals surface area (Å²) in [6, 6.07) is 17.8. The summed E-state index contributed by atoms with van der Waals surface area (Å²) in [5.74, 6) is -0.332. The van der Waals surface area contributed by atoms with Gasteiger partial charge in [0.2, 0.25) is 11.8 Å². The van der Waals surface area contributed by atoms with Gasteiger partial charge in [-0.25, -0.2) is 0 Å². The third-order valence-electron chi connectivity index (χ3n) is 5.57. The van der Waals surface area contributed by atoms with E-state index in [0.29, 0.717) is 19.5 Å². The van der Waals surface area contributed by atoms with Gasteiger partial charge < -0.3 is 4.90 Å². The number of benzene rings is 2. The Hall–Kier alpha value is -2.37. The topological polar surface area (TPSA) is 43.9 Å². The van der Waals surface area contributed by atoms with Crippen molar-refractivity contribution >= 4 is 29.1 Å². The highest BCUT2D eigenvalue weighted by molar-refractivity contribution is 6.33. The van der Waals surface area contributed by atoms with E-state index in [1.54, 1.807) is 0 Å². The van der Waals surface area contributed by atoms with E-state index in [1.807, 2.05) is 54.6 Å². The fraction of sp³-hybridized carbons (Fsp3) is 0.364. The number of anilines is 1. The minimum atomic E-state index is -0.237. The lowest BCUT2D eigenvalue weighted by molar-refractivity contribution is -0.141. The Bertz CT molecular complexity index is 850. The van der Waals surface area contributed by atoms with Crippen molar-refractivity contribution in [2.24, 2.45) is 5.92 Å². The van der Waals surface area contributed by atoms with Crippen molar-refractivity contribution in [3.05, 3.63) is 65.2 Å². The number of para-hydroxylation sites is 1. The van der Waals surface area contributed by atoms with Crippen LogP contribution in [0.2, 0.25) is 5.02 Å². The summed E-state index contributed by atoms with van der Waals surface area (Å²) in [6.07, 6.45) is 0.940. The van der Waals surface area contributed by atoms with Crippen LogP contribution >= 0.6 is 11.6 Å².